The monoisotopic (exact) mass is 600 g/mol. The number of nitrogens with zero attached hydrogens (tertiary/aromatic N) is 1. The van der Waals surface area contributed by atoms with E-state index < -0.39 is 18.6 Å². The Morgan fingerprint density at radius 2 is 1.67 bits per heavy atom. The summed E-state index contributed by atoms with van der Waals surface area (Å²) in [6.07, 6.45) is -0.489. The largest absolute Gasteiger partial charge is 0.457 e. The molecule has 9 heteroatoms. The maximum Gasteiger partial charge on any atom is 0.405 e. The third-order valence-corrected chi connectivity index (χ3v) is 7.31. The maximum absolute atomic E-state index is 12.9. The molecule has 5 nitrogen and oxygen atoms in total. The van der Waals surface area contributed by atoms with Crippen molar-refractivity contribution in [1.29, 1.82) is 0 Å². The Bertz CT molecular complexity index is 1470. The molecule has 3 rings (SSSR count). The highest BCUT2D eigenvalue weighted by molar-refractivity contribution is 6.30. The molecule has 1 unspecified atom stereocenters. The summed E-state index contributed by atoms with van der Waals surface area (Å²) in [6, 6.07) is 17.3. The van der Waals surface area contributed by atoms with E-state index in [0.29, 0.717) is 51.8 Å². The van der Waals surface area contributed by atoms with E-state index in [-0.39, 0.29) is 11.3 Å². The van der Waals surface area contributed by atoms with E-state index in [9.17, 15) is 22.8 Å². The molecular formula is C33H36ClF3N2O3. The molecule has 3 aromatic rings. The van der Waals surface area contributed by atoms with Gasteiger partial charge in [-0.2, -0.15) is 13.2 Å². The number of benzene rings is 3. The highest BCUT2D eigenvalue weighted by atomic mass is 35.5. The zero-order valence-electron chi connectivity index (χ0n) is 24.1. The van der Waals surface area contributed by atoms with Crippen LogP contribution in [0.25, 0.3) is 12.7 Å². The molecule has 0 fully saturated rings. The number of halogens is 4. The summed E-state index contributed by atoms with van der Waals surface area (Å²) in [5.74, 6) is 0.878. The Hall–Kier alpha value is -3.62. The number of hydrogen-bond donors (Lipinski definition) is 1. The molecule has 0 aliphatic rings. The van der Waals surface area contributed by atoms with Crippen molar-refractivity contribution in [2.75, 3.05) is 26.7 Å². The Labute approximate surface area is 249 Å². The van der Waals surface area contributed by atoms with Crippen LogP contribution in [-0.4, -0.2) is 49.4 Å². The summed E-state index contributed by atoms with van der Waals surface area (Å²) in [7, 11) is 1.97. The summed E-state index contributed by atoms with van der Waals surface area (Å²) in [5.41, 5.74) is 1.40. The number of hydrogen-bond acceptors (Lipinski definition) is 4. The van der Waals surface area contributed by atoms with Crippen LogP contribution in [0.2, 0.25) is 5.02 Å². The summed E-state index contributed by atoms with van der Waals surface area (Å²) >= 11 is 5.91. The van der Waals surface area contributed by atoms with Crippen LogP contribution in [0, 0.1) is 12.8 Å². The molecule has 0 saturated heterocycles. The molecular weight excluding hydrogens is 565 g/mol. The minimum absolute atomic E-state index is 0.0682. The van der Waals surface area contributed by atoms with Gasteiger partial charge in [0.1, 0.15) is 18.0 Å². The summed E-state index contributed by atoms with van der Waals surface area (Å²) < 4.78 is 43.4. The molecule has 0 aromatic heterocycles. The normalized spacial score (nSPS) is 12.8. The van der Waals surface area contributed by atoms with Crippen LogP contribution in [0.3, 0.4) is 0 Å². The van der Waals surface area contributed by atoms with E-state index in [4.69, 9.17) is 16.3 Å². The quantitative estimate of drug-likeness (QED) is 0.226. The molecule has 0 bridgehead atoms. The molecule has 0 aliphatic carbocycles. The van der Waals surface area contributed by atoms with E-state index in [0.717, 1.165) is 24.6 Å². The van der Waals surface area contributed by atoms with Gasteiger partial charge in [0.15, 0.2) is 5.78 Å². The number of ether oxygens (including phenoxy) is 1. The van der Waals surface area contributed by atoms with Crippen LogP contribution in [0.15, 0.2) is 60.7 Å². The average Bonchev–Trinajstić information content (AvgIpc) is 2.95. The minimum Gasteiger partial charge on any atom is -0.457 e. The highest BCUT2D eigenvalue weighted by Crippen LogP contribution is 2.24. The summed E-state index contributed by atoms with van der Waals surface area (Å²) in [6.45, 7) is 7.74. The molecule has 0 heterocycles. The van der Waals surface area contributed by atoms with E-state index in [1.165, 1.54) is 6.07 Å². The average molecular weight is 601 g/mol. The molecule has 3 aromatic carbocycles. The van der Waals surface area contributed by atoms with Gasteiger partial charge in [0.25, 0.3) is 5.91 Å². The van der Waals surface area contributed by atoms with E-state index >= 15 is 0 Å². The lowest BCUT2D eigenvalue weighted by Gasteiger charge is -2.22. The second-order valence-corrected chi connectivity index (χ2v) is 10.8. The van der Waals surface area contributed by atoms with Gasteiger partial charge < -0.3 is 15.0 Å². The summed E-state index contributed by atoms with van der Waals surface area (Å²) in [5, 5.41) is 3.97. The van der Waals surface area contributed by atoms with Crippen molar-refractivity contribution < 1.29 is 27.5 Å². The van der Waals surface area contributed by atoms with Crippen LogP contribution >= 0.6 is 11.6 Å². The van der Waals surface area contributed by atoms with Crippen molar-refractivity contribution in [3.8, 4) is 11.5 Å². The van der Waals surface area contributed by atoms with Crippen LogP contribution in [-0.2, 0) is 0 Å². The Kier molecular flexibility index (Phi) is 11.8. The van der Waals surface area contributed by atoms with Gasteiger partial charge in [-0.25, -0.2) is 0 Å². The van der Waals surface area contributed by atoms with Crippen LogP contribution < -0.4 is 20.5 Å². The number of Topliss-reactive ketones (excluding diaryl/α,β-unsaturated/α-hetero) is 1. The lowest BCUT2D eigenvalue weighted by atomic mass is 9.96. The van der Waals surface area contributed by atoms with Gasteiger partial charge >= 0.3 is 6.18 Å². The zero-order valence-corrected chi connectivity index (χ0v) is 24.8. The number of nitrogens with one attached hydrogen (secondary N) is 1. The second kappa shape index (κ2) is 15.0. The van der Waals surface area contributed by atoms with Gasteiger partial charge in [0, 0.05) is 35.7 Å². The standard InChI is InChI=1S/C33H36ClF3N2O3/c1-5-24(7-17-31(40)25-8-12-27(13-9-25)42-28-14-10-26(34)11-15-28)20-39(4)19-18-29-22(2)6-16-30(23(29)3)32(41)38-21-33(35,36)37/h6,8-16,18,24H,2,5,7,17,19-21H2,1,3-4H3,(H,38,41)/b29-18+. The van der Waals surface area contributed by atoms with Crippen molar-refractivity contribution in [3.05, 3.63) is 92.8 Å². The minimum atomic E-state index is -4.48. The molecule has 0 saturated carbocycles. The molecule has 0 radical (unpaired) electrons. The lowest BCUT2D eigenvalue weighted by Crippen LogP contribution is -2.37. The first-order valence-electron chi connectivity index (χ1n) is 13.7. The molecule has 1 amide bonds. The summed E-state index contributed by atoms with van der Waals surface area (Å²) in [4.78, 5) is 27.3. The molecule has 1 N–H and O–H groups in total. The first-order chi connectivity index (χ1) is 19.9. The third kappa shape index (κ3) is 10.0. The highest BCUT2D eigenvalue weighted by Gasteiger charge is 2.28. The van der Waals surface area contributed by atoms with Crippen LogP contribution in [0.4, 0.5) is 13.2 Å². The predicted octanol–water partition coefficient (Wildman–Crippen LogP) is 6.54. The Balaban J connectivity index is 1.55. The van der Waals surface area contributed by atoms with Crippen molar-refractivity contribution in [3.63, 3.8) is 0 Å². The lowest BCUT2D eigenvalue weighted by molar-refractivity contribution is -0.123. The topological polar surface area (TPSA) is 58.6 Å². The first-order valence-corrected chi connectivity index (χ1v) is 14.1. The molecule has 0 aliphatic heterocycles. The molecule has 1 atom stereocenters. The Morgan fingerprint density at radius 1 is 1.05 bits per heavy atom. The smallest absolute Gasteiger partial charge is 0.405 e. The Morgan fingerprint density at radius 3 is 2.26 bits per heavy atom. The number of alkyl halides is 3. The molecule has 42 heavy (non-hydrogen) atoms. The van der Waals surface area contributed by atoms with E-state index in [1.807, 2.05) is 18.4 Å². The van der Waals surface area contributed by atoms with Gasteiger partial charge in [-0.1, -0.05) is 43.7 Å². The van der Waals surface area contributed by atoms with Gasteiger partial charge in [0.2, 0.25) is 0 Å². The fourth-order valence-electron chi connectivity index (χ4n) is 4.60. The first kappa shape index (κ1) is 32.9. The maximum atomic E-state index is 12.9. The number of amides is 1. The predicted molar refractivity (Wildman–Crippen MR) is 162 cm³/mol. The number of carbonyl (C=O) groups is 2. The zero-order chi connectivity index (χ0) is 30.9. The SMILES string of the molecule is C=c1ccc(C(=O)NCC(F)(F)F)c(C)/c1=C/CN(C)CC(CC)CCC(=O)c1ccc(Oc2ccc(Cl)cc2)cc1. The fraction of sp³-hybridized carbons (Fsp3) is 0.333. The molecule has 224 valence electrons. The van der Waals surface area contributed by atoms with Gasteiger partial charge in [-0.05, 0) is 96.9 Å². The van der Waals surface area contributed by atoms with Crippen molar-refractivity contribution in [2.45, 2.75) is 39.3 Å². The number of carbonyl (C=O) groups excluding carboxylic acids is 2. The van der Waals surface area contributed by atoms with Gasteiger partial charge in [-0.3, -0.25) is 9.59 Å². The van der Waals surface area contributed by atoms with Gasteiger partial charge in [-0.15, -0.1) is 0 Å². The van der Waals surface area contributed by atoms with Crippen molar-refractivity contribution in [1.82, 2.24) is 10.2 Å². The van der Waals surface area contributed by atoms with Crippen molar-refractivity contribution in [2.24, 2.45) is 5.92 Å². The van der Waals surface area contributed by atoms with E-state index in [2.05, 4.69) is 18.4 Å². The van der Waals surface area contributed by atoms with Crippen molar-refractivity contribution >= 4 is 35.9 Å². The van der Waals surface area contributed by atoms with E-state index in [1.54, 1.807) is 61.5 Å². The molecule has 0 spiro atoms. The number of ketones is 1. The fourth-order valence-corrected chi connectivity index (χ4v) is 4.73. The number of rotatable bonds is 13. The van der Waals surface area contributed by atoms with Gasteiger partial charge in [0.05, 0.1) is 0 Å². The third-order valence-electron chi connectivity index (χ3n) is 7.06. The second-order valence-electron chi connectivity index (χ2n) is 10.4. The van der Waals surface area contributed by atoms with Crippen LogP contribution in [0.5, 0.6) is 11.5 Å². The van der Waals surface area contributed by atoms with Crippen LogP contribution in [0.1, 0.15) is 52.5 Å².